The van der Waals surface area contributed by atoms with Gasteiger partial charge in [0.05, 0.1) is 21.3 Å². The van der Waals surface area contributed by atoms with Crippen molar-refractivity contribution in [2.24, 2.45) is 5.92 Å². The lowest BCUT2D eigenvalue weighted by Crippen LogP contribution is -2.51. The summed E-state index contributed by atoms with van der Waals surface area (Å²) in [4.78, 5) is 28.8. The van der Waals surface area contributed by atoms with Crippen molar-refractivity contribution < 1.29 is 23.8 Å². The SMILES string of the molecule is COc1ccc(CN(C(=O)C(C)C)C(Cc2ccccc2)C(=O)NCCc2ccc(OC)c(OC)c2)cc1. The average molecular weight is 519 g/mol. The molecule has 0 bridgehead atoms. The first-order valence-corrected chi connectivity index (χ1v) is 12.8. The van der Waals surface area contributed by atoms with Crippen LogP contribution in [0.25, 0.3) is 0 Å². The van der Waals surface area contributed by atoms with E-state index in [1.165, 1.54) is 0 Å². The Morgan fingerprint density at radius 3 is 2.05 bits per heavy atom. The highest BCUT2D eigenvalue weighted by atomic mass is 16.5. The third kappa shape index (κ3) is 7.75. The van der Waals surface area contributed by atoms with Crippen LogP contribution < -0.4 is 19.5 Å². The molecule has 7 heteroatoms. The number of benzene rings is 3. The van der Waals surface area contributed by atoms with Gasteiger partial charge in [0.25, 0.3) is 0 Å². The van der Waals surface area contributed by atoms with Crippen LogP contribution in [0.1, 0.15) is 30.5 Å². The summed E-state index contributed by atoms with van der Waals surface area (Å²) in [6.45, 7) is 4.46. The Balaban J connectivity index is 1.82. The standard InChI is InChI=1S/C31H38N2O5/c1-22(2)31(35)33(21-25-11-14-26(36-3)15-12-25)27(19-23-9-7-6-8-10-23)30(34)32-18-17-24-13-16-28(37-4)29(20-24)38-5/h6-16,20,22,27H,17-19,21H2,1-5H3,(H,32,34). The van der Waals surface area contributed by atoms with Crippen LogP contribution in [0, 0.1) is 5.92 Å². The van der Waals surface area contributed by atoms with Crippen molar-refractivity contribution in [1.29, 1.82) is 0 Å². The molecule has 2 amide bonds. The summed E-state index contributed by atoms with van der Waals surface area (Å²) in [6.07, 6.45) is 1.03. The average Bonchev–Trinajstić information content (AvgIpc) is 2.95. The predicted octanol–water partition coefficient (Wildman–Crippen LogP) is 4.67. The third-order valence-electron chi connectivity index (χ3n) is 6.40. The highest BCUT2D eigenvalue weighted by molar-refractivity contribution is 5.88. The van der Waals surface area contributed by atoms with E-state index in [9.17, 15) is 9.59 Å². The van der Waals surface area contributed by atoms with E-state index in [4.69, 9.17) is 14.2 Å². The fraction of sp³-hybridized carbons (Fsp3) is 0.355. The van der Waals surface area contributed by atoms with Gasteiger partial charge in [0, 0.05) is 25.4 Å². The molecule has 3 rings (SSSR count). The first-order valence-electron chi connectivity index (χ1n) is 12.8. The summed E-state index contributed by atoms with van der Waals surface area (Å²) in [5, 5.41) is 3.07. The highest BCUT2D eigenvalue weighted by Crippen LogP contribution is 2.27. The summed E-state index contributed by atoms with van der Waals surface area (Å²) in [5.74, 6) is 1.53. The van der Waals surface area contributed by atoms with Gasteiger partial charge in [-0.25, -0.2) is 0 Å². The maximum atomic E-state index is 13.7. The van der Waals surface area contributed by atoms with Crippen molar-refractivity contribution in [2.75, 3.05) is 27.9 Å². The highest BCUT2D eigenvalue weighted by Gasteiger charge is 2.31. The van der Waals surface area contributed by atoms with Gasteiger partial charge >= 0.3 is 0 Å². The molecule has 1 unspecified atom stereocenters. The lowest BCUT2D eigenvalue weighted by Gasteiger charge is -2.33. The van der Waals surface area contributed by atoms with Gasteiger partial charge < -0.3 is 24.4 Å². The molecule has 38 heavy (non-hydrogen) atoms. The van der Waals surface area contributed by atoms with Crippen LogP contribution in [0.5, 0.6) is 17.2 Å². The molecule has 1 N–H and O–H groups in total. The first kappa shape index (κ1) is 28.6. The van der Waals surface area contributed by atoms with Crippen molar-refractivity contribution in [3.05, 3.63) is 89.5 Å². The second-order valence-corrected chi connectivity index (χ2v) is 9.40. The van der Waals surface area contributed by atoms with Gasteiger partial charge in [0.2, 0.25) is 11.8 Å². The Bertz CT molecular complexity index is 1180. The molecule has 3 aromatic rings. The van der Waals surface area contributed by atoms with Crippen molar-refractivity contribution in [2.45, 2.75) is 39.3 Å². The van der Waals surface area contributed by atoms with Gasteiger partial charge in [-0.2, -0.15) is 0 Å². The van der Waals surface area contributed by atoms with Crippen LogP contribution in [-0.4, -0.2) is 50.6 Å². The van der Waals surface area contributed by atoms with E-state index in [2.05, 4.69) is 5.32 Å². The Morgan fingerprint density at radius 2 is 1.45 bits per heavy atom. The third-order valence-corrected chi connectivity index (χ3v) is 6.40. The Kier molecular flexibility index (Phi) is 10.6. The van der Waals surface area contributed by atoms with E-state index in [1.54, 1.807) is 26.2 Å². The summed E-state index contributed by atoms with van der Waals surface area (Å²) in [7, 11) is 4.81. The second-order valence-electron chi connectivity index (χ2n) is 9.40. The van der Waals surface area contributed by atoms with Gasteiger partial charge in [-0.05, 0) is 47.4 Å². The topological polar surface area (TPSA) is 77.1 Å². The van der Waals surface area contributed by atoms with Gasteiger partial charge in [0.1, 0.15) is 11.8 Å². The number of ether oxygens (including phenoxy) is 3. The summed E-state index contributed by atoms with van der Waals surface area (Å²) in [5.41, 5.74) is 2.93. The number of hydrogen-bond donors (Lipinski definition) is 1. The van der Waals surface area contributed by atoms with E-state index in [0.29, 0.717) is 37.4 Å². The van der Waals surface area contributed by atoms with Gasteiger partial charge in [-0.3, -0.25) is 9.59 Å². The lowest BCUT2D eigenvalue weighted by molar-refractivity contribution is -0.143. The fourth-order valence-electron chi connectivity index (χ4n) is 4.27. The molecular formula is C31H38N2O5. The minimum Gasteiger partial charge on any atom is -0.497 e. The summed E-state index contributed by atoms with van der Waals surface area (Å²) < 4.78 is 16.0. The minimum atomic E-state index is -0.667. The van der Waals surface area contributed by atoms with Crippen molar-refractivity contribution in [1.82, 2.24) is 10.2 Å². The van der Waals surface area contributed by atoms with Crippen LogP contribution in [0.15, 0.2) is 72.8 Å². The minimum absolute atomic E-state index is 0.0724. The number of nitrogens with zero attached hydrogens (tertiary/aromatic N) is 1. The number of methoxy groups -OCH3 is 3. The maximum absolute atomic E-state index is 13.7. The zero-order valence-corrected chi connectivity index (χ0v) is 22.9. The lowest BCUT2D eigenvalue weighted by atomic mass is 10.0. The quantitative estimate of drug-likeness (QED) is 0.356. The van der Waals surface area contributed by atoms with Gasteiger partial charge in [-0.15, -0.1) is 0 Å². The zero-order valence-electron chi connectivity index (χ0n) is 22.9. The largest absolute Gasteiger partial charge is 0.497 e. The molecule has 0 saturated heterocycles. The normalized spacial score (nSPS) is 11.5. The van der Waals surface area contributed by atoms with Crippen LogP contribution in [0.4, 0.5) is 0 Å². The summed E-state index contributed by atoms with van der Waals surface area (Å²) in [6, 6.07) is 22.4. The van der Waals surface area contributed by atoms with Crippen LogP contribution >= 0.6 is 0 Å². The van der Waals surface area contributed by atoms with Crippen molar-refractivity contribution in [3.8, 4) is 17.2 Å². The molecule has 0 aliphatic carbocycles. The molecular weight excluding hydrogens is 480 g/mol. The molecule has 0 fully saturated rings. The van der Waals surface area contributed by atoms with Gasteiger partial charge in [-0.1, -0.05) is 62.4 Å². The number of hydrogen-bond acceptors (Lipinski definition) is 5. The van der Waals surface area contributed by atoms with E-state index >= 15 is 0 Å². The molecule has 0 spiro atoms. The van der Waals surface area contributed by atoms with E-state index in [-0.39, 0.29) is 17.7 Å². The molecule has 0 aliphatic heterocycles. The number of amides is 2. The fourth-order valence-corrected chi connectivity index (χ4v) is 4.27. The molecule has 1 atom stereocenters. The predicted molar refractivity (Wildman–Crippen MR) is 149 cm³/mol. The second kappa shape index (κ2) is 14.1. The molecule has 0 saturated carbocycles. The Hall–Kier alpha value is -4.00. The van der Waals surface area contributed by atoms with Crippen LogP contribution in [-0.2, 0) is 29.0 Å². The maximum Gasteiger partial charge on any atom is 0.243 e. The molecule has 0 heterocycles. The van der Waals surface area contributed by atoms with Crippen molar-refractivity contribution >= 4 is 11.8 Å². The smallest absolute Gasteiger partial charge is 0.243 e. The monoisotopic (exact) mass is 518 g/mol. The molecule has 7 nitrogen and oxygen atoms in total. The van der Waals surface area contributed by atoms with Crippen LogP contribution in [0.3, 0.4) is 0 Å². The Morgan fingerprint density at radius 1 is 0.789 bits per heavy atom. The van der Waals surface area contributed by atoms with E-state index in [0.717, 1.165) is 22.4 Å². The number of nitrogens with one attached hydrogen (secondary N) is 1. The zero-order chi connectivity index (χ0) is 27.5. The van der Waals surface area contributed by atoms with Gasteiger partial charge in [0.15, 0.2) is 11.5 Å². The molecule has 3 aromatic carbocycles. The molecule has 0 aromatic heterocycles. The number of carbonyl (C=O) groups excluding carboxylic acids is 2. The Labute approximate surface area is 225 Å². The molecule has 0 aliphatic rings. The number of carbonyl (C=O) groups is 2. The van der Waals surface area contributed by atoms with E-state index < -0.39 is 6.04 Å². The van der Waals surface area contributed by atoms with E-state index in [1.807, 2.05) is 86.6 Å². The molecule has 0 radical (unpaired) electrons. The summed E-state index contributed by atoms with van der Waals surface area (Å²) >= 11 is 0. The van der Waals surface area contributed by atoms with Crippen LogP contribution in [0.2, 0.25) is 0 Å². The first-order chi connectivity index (χ1) is 18.4. The molecule has 202 valence electrons. The van der Waals surface area contributed by atoms with Crippen molar-refractivity contribution in [3.63, 3.8) is 0 Å². The number of rotatable bonds is 13.